The van der Waals surface area contributed by atoms with E-state index >= 15 is 0 Å². The lowest BCUT2D eigenvalue weighted by molar-refractivity contribution is -0.134. The fourth-order valence-electron chi connectivity index (χ4n) is 1.11. The molecule has 13 heavy (non-hydrogen) atoms. The second kappa shape index (κ2) is 4.35. The van der Waals surface area contributed by atoms with Crippen molar-refractivity contribution in [1.82, 2.24) is 5.48 Å². The number of hydroxylamine groups is 1. The van der Waals surface area contributed by atoms with Crippen molar-refractivity contribution in [2.75, 3.05) is 6.61 Å². The monoisotopic (exact) mass is 207 g/mol. The van der Waals surface area contributed by atoms with E-state index in [1.807, 2.05) is 0 Å². The molecular weight excluding hydrogens is 198 g/mol. The van der Waals surface area contributed by atoms with E-state index in [0.29, 0.717) is 6.42 Å². The molecule has 0 aromatic heterocycles. The molecule has 6 nitrogen and oxygen atoms in total. The van der Waals surface area contributed by atoms with Gasteiger partial charge in [0.25, 0.3) is 0 Å². The van der Waals surface area contributed by atoms with Crippen LogP contribution in [0.1, 0.15) is 12.8 Å². The highest BCUT2D eigenvalue weighted by molar-refractivity contribution is 7.72. The minimum absolute atomic E-state index is 0.0164. The first kappa shape index (κ1) is 10.2. The van der Waals surface area contributed by atoms with Crippen LogP contribution < -0.4 is 5.48 Å². The van der Waals surface area contributed by atoms with E-state index in [2.05, 4.69) is 0 Å². The van der Waals surface area contributed by atoms with Crippen LogP contribution in [0.15, 0.2) is 0 Å². The molecule has 1 amide bonds. The standard InChI is InChI=1S/C6H9NO5S/c8-6(7-9)4-1-2-12-5(3-4)13(10)11/h4,9H,1-3H2,(H,7,8). The third-order valence-corrected chi connectivity index (χ3v) is 2.47. The highest BCUT2D eigenvalue weighted by Gasteiger charge is 2.25. The molecule has 2 N–H and O–H groups in total. The van der Waals surface area contributed by atoms with E-state index in [9.17, 15) is 13.2 Å². The van der Waals surface area contributed by atoms with Gasteiger partial charge in [-0.05, 0) is 6.42 Å². The zero-order valence-electron chi connectivity index (χ0n) is 6.69. The Bertz CT molecular complexity index is 325. The maximum atomic E-state index is 10.9. The molecule has 1 heterocycles. The van der Waals surface area contributed by atoms with Crippen LogP contribution in [0.3, 0.4) is 0 Å². The van der Waals surface area contributed by atoms with Gasteiger partial charge in [0.1, 0.15) is 0 Å². The van der Waals surface area contributed by atoms with Gasteiger partial charge in [0.2, 0.25) is 16.2 Å². The zero-order chi connectivity index (χ0) is 9.84. The number of rotatable bonds is 1. The summed E-state index contributed by atoms with van der Waals surface area (Å²) in [7, 11) is -2.41. The minimum atomic E-state index is -2.41. The minimum Gasteiger partial charge on any atom is -0.335 e. The topological polar surface area (TPSA) is 92.7 Å². The fourth-order valence-corrected chi connectivity index (χ4v) is 1.63. The molecule has 0 spiro atoms. The molecule has 74 valence electrons. The molecule has 0 aromatic carbocycles. The summed E-state index contributed by atoms with van der Waals surface area (Å²) in [5.74, 6) is -1.10. The van der Waals surface area contributed by atoms with Crippen molar-refractivity contribution >= 4 is 21.3 Å². The van der Waals surface area contributed by atoms with Gasteiger partial charge in [-0.25, -0.2) is 5.48 Å². The smallest absolute Gasteiger partial charge is 0.246 e. The number of hydrogen-bond donors (Lipinski definition) is 2. The molecule has 1 aliphatic rings. The molecule has 1 unspecified atom stereocenters. The van der Waals surface area contributed by atoms with Crippen LogP contribution in [0.5, 0.6) is 0 Å². The molecule has 7 heteroatoms. The summed E-state index contributed by atoms with van der Waals surface area (Å²) in [5, 5.41) is 8.18. The molecule has 0 saturated carbocycles. The largest absolute Gasteiger partial charge is 0.335 e. The van der Waals surface area contributed by atoms with Crippen LogP contribution in [0, 0.1) is 5.92 Å². The first-order valence-electron chi connectivity index (χ1n) is 3.67. The number of carbonyl (C=O) groups excluding carboxylic acids is 1. The van der Waals surface area contributed by atoms with Crippen molar-refractivity contribution in [3.63, 3.8) is 0 Å². The first-order chi connectivity index (χ1) is 6.15. The first-order valence-corrected chi connectivity index (χ1v) is 4.74. The van der Waals surface area contributed by atoms with Crippen molar-refractivity contribution in [3.05, 3.63) is 0 Å². The second-order valence-electron chi connectivity index (χ2n) is 2.62. The second-order valence-corrected chi connectivity index (χ2v) is 3.55. The predicted molar refractivity (Wildman–Crippen MR) is 42.5 cm³/mol. The number of hydrogen-bond acceptors (Lipinski definition) is 5. The highest BCUT2D eigenvalue weighted by atomic mass is 32.2. The lowest BCUT2D eigenvalue weighted by Gasteiger charge is -2.19. The van der Waals surface area contributed by atoms with Gasteiger partial charge in [-0.15, -0.1) is 0 Å². The lowest BCUT2D eigenvalue weighted by Crippen LogP contribution is -2.34. The lowest BCUT2D eigenvalue weighted by atomic mass is 10.00. The Morgan fingerprint density at radius 3 is 2.85 bits per heavy atom. The number of ether oxygens (including phenoxy) is 1. The summed E-state index contributed by atoms with van der Waals surface area (Å²) in [6.45, 7) is 0.182. The van der Waals surface area contributed by atoms with Crippen LogP contribution in [-0.4, -0.2) is 31.2 Å². The van der Waals surface area contributed by atoms with Crippen LogP contribution in [0.25, 0.3) is 0 Å². The molecule has 1 saturated heterocycles. The molecular formula is C6H9NO5S. The number of amides is 1. The zero-order valence-corrected chi connectivity index (χ0v) is 7.50. The average molecular weight is 207 g/mol. The Balaban J connectivity index is 2.73. The van der Waals surface area contributed by atoms with E-state index in [4.69, 9.17) is 9.94 Å². The van der Waals surface area contributed by atoms with Gasteiger partial charge in [-0.3, -0.25) is 10.0 Å². The van der Waals surface area contributed by atoms with Crippen molar-refractivity contribution in [3.8, 4) is 0 Å². The Morgan fingerprint density at radius 2 is 2.31 bits per heavy atom. The predicted octanol–water partition coefficient (Wildman–Crippen LogP) is -1.07. The summed E-state index contributed by atoms with van der Waals surface area (Å²) in [6, 6.07) is 0. The molecule has 1 atom stereocenters. The summed E-state index contributed by atoms with van der Waals surface area (Å²) >= 11 is 0. The quantitative estimate of drug-likeness (QED) is 0.324. The summed E-state index contributed by atoms with van der Waals surface area (Å²) in [6.07, 6.45) is 0.426. The van der Waals surface area contributed by atoms with Gasteiger partial charge in [0.05, 0.1) is 6.61 Å². The molecule has 1 rings (SSSR count). The van der Waals surface area contributed by atoms with Crippen molar-refractivity contribution < 1.29 is 23.2 Å². The number of carbonyl (C=O) groups is 1. The van der Waals surface area contributed by atoms with Crippen molar-refractivity contribution in [1.29, 1.82) is 0 Å². The van der Waals surface area contributed by atoms with E-state index in [1.165, 1.54) is 5.48 Å². The Labute approximate surface area is 76.0 Å². The molecule has 0 aliphatic carbocycles. The van der Waals surface area contributed by atoms with Gasteiger partial charge >= 0.3 is 0 Å². The van der Waals surface area contributed by atoms with Gasteiger partial charge in [0.15, 0.2) is 5.05 Å². The summed E-state index contributed by atoms with van der Waals surface area (Å²) in [5.41, 5.74) is 1.49. The van der Waals surface area contributed by atoms with Crippen LogP contribution >= 0.6 is 0 Å². The maximum absolute atomic E-state index is 10.9. The van der Waals surface area contributed by atoms with Crippen LogP contribution in [0.2, 0.25) is 0 Å². The van der Waals surface area contributed by atoms with E-state index in [0.717, 1.165) is 0 Å². The van der Waals surface area contributed by atoms with E-state index < -0.39 is 22.1 Å². The van der Waals surface area contributed by atoms with Crippen molar-refractivity contribution in [2.45, 2.75) is 12.8 Å². The molecule has 1 aliphatic heterocycles. The van der Waals surface area contributed by atoms with Crippen LogP contribution in [0.4, 0.5) is 0 Å². The van der Waals surface area contributed by atoms with E-state index in [-0.39, 0.29) is 18.1 Å². The summed E-state index contributed by atoms with van der Waals surface area (Å²) in [4.78, 5) is 10.9. The Morgan fingerprint density at radius 1 is 1.62 bits per heavy atom. The Hall–Kier alpha value is -0.920. The van der Waals surface area contributed by atoms with Crippen LogP contribution in [-0.2, 0) is 19.8 Å². The average Bonchev–Trinajstić information content (AvgIpc) is 2.17. The molecule has 0 radical (unpaired) electrons. The van der Waals surface area contributed by atoms with Gasteiger partial charge in [-0.1, -0.05) is 0 Å². The molecule has 1 fully saturated rings. The fraction of sp³-hybridized carbons (Fsp3) is 0.667. The van der Waals surface area contributed by atoms with Gasteiger partial charge in [-0.2, -0.15) is 8.42 Å². The van der Waals surface area contributed by atoms with E-state index in [1.54, 1.807) is 0 Å². The maximum Gasteiger partial charge on any atom is 0.246 e. The van der Waals surface area contributed by atoms with Gasteiger partial charge in [0, 0.05) is 12.3 Å². The Kier molecular flexibility index (Phi) is 3.40. The van der Waals surface area contributed by atoms with Gasteiger partial charge < -0.3 is 4.74 Å². The third-order valence-electron chi connectivity index (χ3n) is 1.81. The third kappa shape index (κ3) is 2.51. The normalized spacial score (nSPS) is 22.5. The summed E-state index contributed by atoms with van der Waals surface area (Å²) < 4.78 is 25.7. The molecule has 0 aromatic rings. The number of nitrogens with one attached hydrogen (secondary N) is 1. The highest BCUT2D eigenvalue weighted by Crippen LogP contribution is 2.15. The molecule has 0 bridgehead atoms. The van der Waals surface area contributed by atoms with Crippen molar-refractivity contribution in [2.24, 2.45) is 5.92 Å². The SMILES string of the molecule is O=C(NO)C1CCOC(=S(=O)=O)C1.